The summed E-state index contributed by atoms with van der Waals surface area (Å²) in [6.07, 6.45) is 0.592. The van der Waals surface area contributed by atoms with Gasteiger partial charge in [0, 0.05) is 17.3 Å². The number of carbonyl (C=O) groups is 3. The molecule has 0 bridgehead atoms. The van der Waals surface area contributed by atoms with Crippen LogP contribution in [0.4, 0.5) is 0 Å². The van der Waals surface area contributed by atoms with Gasteiger partial charge >= 0.3 is 5.97 Å². The van der Waals surface area contributed by atoms with Gasteiger partial charge in [-0.05, 0) is 67.5 Å². The van der Waals surface area contributed by atoms with Crippen LogP contribution >= 0.6 is 11.8 Å². The van der Waals surface area contributed by atoms with Gasteiger partial charge in [-0.3, -0.25) is 9.59 Å². The van der Waals surface area contributed by atoms with Gasteiger partial charge in [0.1, 0.15) is 5.03 Å². The molecule has 2 amide bonds. The molecule has 2 atom stereocenters. The summed E-state index contributed by atoms with van der Waals surface area (Å²) < 4.78 is 5.30. The maximum atomic E-state index is 12.6. The molecule has 0 fully saturated rings. The SMILES string of the molecule is CC(OC(=O)c1cccnc1SC(C)C(=O)NC(C)(C)C)C(=O)NC(C)(C)C. The van der Waals surface area contributed by atoms with Gasteiger partial charge in [0.2, 0.25) is 5.91 Å². The molecular formula is C20H31N3O4S. The van der Waals surface area contributed by atoms with Crippen LogP contribution in [-0.2, 0) is 14.3 Å². The van der Waals surface area contributed by atoms with Crippen molar-refractivity contribution in [1.82, 2.24) is 15.6 Å². The molecule has 0 aliphatic rings. The number of nitrogens with zero attached hydrogens (tertiary/aromatic N) is 1. The van der Waals surface area contributed by atoms with Crippen molar-refractivity contribution in [2.45, 2.75) is 82.8 Å². The number of aromatic nitrogens is 1. The first-order valence-electron chi connectivity index (χ1n) is 9.16. The highest BCUT2D eigenvalue weighted by Crippen LogP contribution is 2.26. The number of pyridine rings is 1. The van der Waals surface area contributed by atoms with E-state index in [-0.39, 0.29) is 22.9 Å². The molecule has 1 rings (SSSR count). The summed E-state index contributed by atoms with van der Waals surface area (Å²) in [4.78, 5) is 41.2. The molecule has 1 aromatic rings. The molecule has 28 heavy (non-hydrogen) atoms. The van der Waals surface area contributed by atoms with E-state index in [2.05, 4.69) is 15.6 Å². The smallest absolute Gasteiger partial charge is 0.341 e. The molecule has 0 aromatic carbocycles. The number of esters is 1. The van der Waals surface area contributed by atoms with E-state index in [4.69, 9.17) is 4.74 Å². The Labute approximate surface area is 171 Å². The highest BCUT2D eigenvalue weighted by atomic mass is 32.2. The Kier molecular flexibility index (Phi) is 8.05. The van der Waals surface area contributed by atoms with Crippen LogP contribution in [0.15, 0.2) is 23.4 Å². The van der Waals surface area contributed by atoms with Crippen molar-refractivity contribution >= 4 is 29.5 Å². The molecule has 156 valence electrons. The second-order valence-electron chi connectivity index (χ2n) is 8.64. The monoisotopic (exact) mass is 409 g/mol. The van der Waals surface area contributed by atoms with E-state index in [1.54, 1.807) is 25.3 Å². The van der Waals surface area contributed by atoms with Gasteiger partial charge in [-0.15, -0.1) is 0 Å². The Morgan fingerprint density at radius 3 is 2.07 bits per heavy atom. The number of ether oxygens (including phenoxy) is 1. The molecule has 2 unspecified atom stereocenters. The topological polar surface area (TPSA) is 97.4 Å². The zero-order chi connectivity index (χ0) is 21.7. The number of amides is 2. The quantitative estimate of drug-likeness (QED) is 0.554. The van der Waals surface area contributed by atoms with Gasteiger partial charge in [0.05, 0.1) is 10.8 Å². The Morgan fingerprint density at radius 1 is 1.00 bits per heavy atom. The van der Waals surface area contributed by atoms with Crippen LogP contribution in [-0.4, -0.2) is 45.2 Å². The second-order valence-corrected chi connectivity index (χ2v) is 9.97. The molecule has 0 aliphatic heterocycles. The van der Waals surface area contributed by atoms with Crippen molar-refractivity contribution in [2.24, 2.45) is 0 Å². The van der Waals surface area contributed by atoms with E-state index in [1.165, 1.54) is 18.7 Å². The molecule has 0 spiro atoms. The van der Waals surface area contributed by atoms with Crippen LogP contribution in [0.5, 0.6) is 0 Å². The largest absolute Gasteiger partial charge is 0.449 e. The number of rotatable bonds is 6. The fraction of sp³-hybridized carbons (Fsp3) is 0.600. The normalized spacial score (nSPS) is 14.0. The van der Waals surface area contributed by atoms with Crippen molar-refractivity contribution in [3.05, 3.63) is 23.9 Å². The van der Waals surface area contributed by atoms with E-state index < -0.39 is 22.9 Å². The van der Waals surface area contributed by atoms with Crippen LogP contribution < -0.4 is 10.6 Å². The van der Waals surface area contributed by atoms with E-state index in [9.17, 15) is 14.4 Å². The average Bonchev–Trinajstić information content (AvgIpc) is 2.51. The zero-order valence-corrected chi connectivity index (χ0v) is 18.7. The van der Waals surface area contributed by atoms with Crippen molar-refractivity contribution in [3.8, 4) is 0 Å². The fourth-order valence-electron chi connectivity index (χ4n) is 2.08. The predicted molar refractivity (Wildman–Crippen MR) is 110 cm³/mol. The van der Waals surface area contributed by atoms with Crippen molar-refractivity contribution in [1.29, 1.82) is 0 Å². The first-order chi connectivity index (χ1) is 12.7. The first kappa shape index (κ1) is 23.9. The summed E-state index contributed by atoms with van der Waals surface area (Å²) in [5.41, 5.74) is -0.561. The fourth-order valence-corrected chi connectivity index (χ4v) is 2.98. The maximum Gasteiger partial charge on any atom is 0.341 e. The second kappa shape index (κ2) is 9.41. The number of thioether (sulfide) groups is 1. The molecule has 1 aromatic heterocycles. The molecule has 0 radical (unpaired) electrons. The lowest BCUT2D eigenvalue weighted by molar-refractivity contribution is -0.130. The number of hydrogen-bond acceptors (Lipinski definition) is 6. The average molecular weight is 410 g/mol. The van der Waals surface area contributed by atoms with Crippen LogP contribution in [0.3, 0.4) is 0 Å². The highest BCUT2D eigenvalue weighted by Gasteiger charge is 2.26. The first-order valence-corrected chi connectivity index (χ1v) is 10.0. The minimum absolute atomic E-state index is 0.152. The highest BCUT2D eigenvalue weighted by molar-refractivity contribution is 8.00. The zero-order valence-electron chi connectivity index (χ0n) is 17.9. The van der Waals surface area contributed by atoms with Crippen molar-refractivity contribution in [2.75, 3.05) is 0 Å². The van der Waals surface area contributed by atoms with Crippen molar-refractivity contribution < 1.29 is 19.1 Å². The molecule has 8 heteroatoms. The number of hydrogen-bond donors (Lipinski definition) is 2. The summed E-state index contributed by atoms with van der Waals surface area (Å²) in [7, 11) is 0. The van der Waals surface area contributed by atoms with Gasteiger partial charge in [-0.25, -0.2) is 9.78 Å². The summed E-state index contributed by atoms with van der Waals surface area (Å²) in [5.74, 6) is -1.19. The molecule has 0 saturated heterocycles. The lowest BCUT2D eigenvalue weighted by Crippen LogP contribution is -2.46. The molecular weight excluding hydrogens is 378 g/mol. The third-order valence-corrected chi connectivity index (χ3v) is 4.41. The van der Waals surface area contributed by atoms with Gasteiger partial charge in [0.15, 0.2) is 6.10 Å². The minimum atomic E-state index is -0.952. The third kappa shape index (κ3) is 8.29. The molecule has 2 N–H and O–H groups in total. The molecule has 1 heterocycles. The Balaban J connectivity index is 2.86. The number of nitrogens with one attached hydrogen (secondary N) is 2. The molecule has 7 nitrogen and oxygen atoms in total. The van der Waals surface area contributed by atoms with Crippen LogP contribution in [0.1, 0.15) is 65.7 Å². The standard InChI is InChI=1S/C20H31N3O4S/c1-12(15(24)22-19(3,4)5)27-18(26)14-10-9-11-21-17(14)28-13(2)16(25)23-20(6,7)8/h9-13H,1-8H3,(H,22,24)(H,23,25). The van der Waals surface area contributed by atoms with Gasteiger partial charge in [0.25, 0.3) is 5.91 Å². The third-order valence-electron chi connectivity index (χ3n) is 3.30. The summed E-state index contributed by atoms with van der Waals surface area (Å²) in [5, 5.41) is 5.60. The number of carbonyl (C=O) groups excluding carboxylic acids is 3. The van der Waals surface area contributed by atoms with Gasteiger partial charge in [-0.1, -0.05) is 11.8 Å². The van der Waals surface area contributed by atoms with E-state index >= 15 is 0 Å². The Bertz CT molecular complexity index is 723. The van der Waals surface area contributed by atoms with Crippen LogP contribution in [0.2, 0.25) is 0 Å². The summed E-state index contributed by atoms with van der Waals surface area (Å²) >= 11 is 1.17. The lowest BCUT2D eigenvalue weighted by Gasteiger charge is -2.24. The lowest BCUT2D eigenvalue weighted by atomic mass is 10.1. The summed E-state index contributed by atoms with van der Waals surface area (Å²) in [6, 6.07) is 3.18. The molecule has 0 aliphatic carbocycles. The van der Waals surface area contributed by atoms with Gasteiger partial charge < -0.3 is 15.4 Å². The Hall–Kier alpha value is -2.09. The van der Waals surface area contributed by atoms with Gasteiger partial charge in [-0.2, -0.15) is 0 Å². The van der Waals surface area contributed by atoms with E-state index in [0.717, 1.165) is 0 Å². The van der Waals surface area contributed by atoms with Crippen LogP contribution in [0, 0.1) is 0 Å². The maximum absolute atomic E-state index is 12.6. The molecule has 0 saturated carbocycles. The Morgan fingerprint density at radius 2 is 1.54 bits per heavy atom. The predicted octanol–water partition coefficient (Wildman–Crippen LogP) is 2.94. The van der Waals surface area contributed by atoms with Crippen molar-refractivity contribution in [3.63, 3.8) is 0 Å². The van der Waals surface area contributed by atoms with E-state index in [1.807, 2.05) is 41.5 Å². The minimum Gasteiger partial charge on any atom is -0.449 e. The van der Waals surface area contributed by atoms with Crippen LogP contribution in [0.25, 0.3) is 0 Å². The summed E-state index contributed by atoms with van der Waals surface area (Å²) in [6.45, 7) is 14.5. The van der Waals surface area contributed by atoms with E-state index in [0.29, 0.717) is 5.03 Å².